The van der Waals surface area contributed by atoms with Gasteiger partial charge < -0.3 is 55.5 Å². The Kier molecular flexibility index (Phi) is 18.2. The molecule has 6 unspecified atom stereocenters. The van der Waals surface area contributed by atoms with Gasteiger partial charge in [0, 0.05) is 6.42 Å². The SMILES string of the molecule is CCCCCCCCCCCCC(=O)OC[C@@H](O)COP(=O)([O-])OC1C(O)C(O)C(O)[C@@H](O)C1O.[NH4+]. The Hall–Kier alpha value is -0.700. The third-order valence-electron chi connectivity index (χ3n) is 5.92. The molecule has 0 radical (unpaired) electrons. The lowest BCUT2D eigenvalue weighted by Gasteiger charge is -2.43. The number of unbranched alkanes of at least 4 members (excludes halogenated alkanes) is 9. The number of aliphatic hydroxyl groups is 6. The van der Waals surface area contributed by atoms with Gasteiger partial charge in [0.15, 0.2) is 0 Å². The Balaban J connectivity index is 0.0000122. The van der Waals surface area contributed by atoms with E-state index in [1.807, 2.05) is 0 Å². The average Bonchev–Trinajstić information content (AvgIpc) is 2.83. The second-order valence-corrected chi connectivity index (χ2v) is 10.4. The zero-order valence-electron chi connectivity index (χ0n) is 21.3. The summed E-state index contributed by atoms with van der Waals surface area (Å²) in [5.41, 5.74) is 0. The summed E-state index contributed by atoms with van der Waals surface area (Å²) in [6.45, 7) is 0.847. The van der Waals surface area contributed by atoms with Crippen molar-refractivity contribution >= 4 is 13.8 Å². The van der Waals surface area contributed by atoms with Gasteiger partial charge in [-0.05, 0) is 6.42 Å². The first kappa shape index (κ1) is 35.3. The van der Waals surface area contributed by atoms with Crippen molar-refractivity contribution in [1.29, 1.82) is 0 Å². The maximum atomic E-state index is 12.0. The minimum Gasteiger partial charge on any atom is -0.756 e. The molecule has 1 fully saturated rings. The van der Waals surface area contributed by atoms with Crippen LogP contribution in [0.2, 0.25) is 0 Å². The van der Waals surface area contributed by atoms with Gasteiger partial charge in [0.1, 0.15) is 49.3 Å². The van der Waals surface area contributed by atoms with Crippen molar-refractivity contribution in [3.8, 4) is 0 Å². The minimum absolute atomic E-state index is 0. The summed E-state index contributed by atoms with van der Waals surface area (Å²) in [4.78, 5) is 23.7. The third kappa shape index (κ3) is 13.2. The van der Waals surface area contributed by atoms with Gasteiger partial charge in [-0.3, -0.25) is 9.36 Å². The van der Waals surface area contributed by atoms with Crippen molar-refractivity contribution in [2.24, 2.45) is 0 Å². The molecule has 8 atom stereocenters. The number of esters is 1. The molecule has 0 aliphatic heterocycles. The molecule has 10 N–H and O–H groups in total. The Morgan fingerprint density at radius 1 is 0.806 bits per heavy atom. The molecule has 0 aromatic carbocycles. The maximum Gasteiger partial charge on any atom is 0.305 e. The zero-order chi connectivity index (χ0) is 26.4. The quantitative estimate of drug-likeness (QED) is 0.0694. The second-order valence-electron chi connectivity index (χ2n) is 9.03. The molecular weight excluding hydrogens is 501 g/mol. The molecule has 1 aliphatic carbocycles. The lowest BCUT2D eigenvalue weighted by atomic mass is 9.85. The van der Waals surface area contributed by atoms with Gasteiger partial charge >= 0.3 is 5.97 Å². The molecule has 1 aliphatic rings. The molecular formula is C22H46NO12P. The van der Waals surface area contributed by atoms with Gasteiger partial charge in [-0.15, -0.1) is 0 Å². The number of phosphoric acid groups is 1. The maximum absolute atomic E-state index is 12.0. The van der Waals surface area contributed by atoms with Crippen molar-refractivity contribution < 1.29 is 58.7 Å². The van der Waals surface area contributed by atoms with Crippen molar-refractivity contribution in [2.45, 2.75) is 120 Å². The highest BCUT2D eigenvalue weighted by molar-refractivity contribution is 7.45. The monoisotopic (exact) mass is 547 g/mol. The Labute approximate surface area is 212 Å². The molecule has 1 rings (SSSR count). The second kappa shape index (κ2) is 18.5. The number of carbonyl (C=O) groups is 1. The van der Waals surface area contributed by atoms with Gasteiger partial charge in [0.25, 0.3) is 7.82 Å². The zero-order valence-corrected chi connectivity index (χ0v) is 22.2. The number of ether oxygens (including phenoxy) is 1. The molecule has 0 aromatic rings. The minimum atomic E-state index is -5.22. The molecule has 0 amide bonds. The summed E-state index contributed by atoms with van der Waals surface area (Å²) < 4.78 is 25.8. The fourth-order valence-electron chi connectivity index (χ4n) is 3.74. The predicted molar refractivity (Wildman–Crippen MR) is 128 cm³/mol. The summed E-state index contributed by atoms with van der Waals surface area (Å²) in [7, 11) is -5.22. The summed E-state index contributed by atoms with van der Waals surface area (Å²) in [5, 5.41) is 58.2. The first-order valence-corrected chi connectivity index (χ1v) is 13.8. The van der Waals surface area contributed by atoms with Crippen molar-refractivity contribution in [1.82, 2.24) is 6.15 Å². The van der Waals surface area contributed by atoms with Gasteiger partial charge in [-0.1, -0.05) is 64.7 Å². The van der Waals surface area contributed by atoms with Gasteiger partial charge in [0.05, 0.1) is 6.61 Å². The molecule has 36 heavy (non-hydrogen) atoms. The van der Waals surface area contributed by atoms with E-state index >= 15 is 0 Å². The fraction of sp³-hybridized carbons (Fsp3) is 0.955. The molecule has 13 nitrogen and oxygen atoms in total. The topological polar surface area (TPSA) is 243 Å². The van der Waals surface area contributed by atoms with E-state index in [4.69, 9.17) is 4.74 Å². The van der Waals surface area contributed by atoms with Crippen LogP contribution in [0, 0.1) is 0 Å². The van der Waals surface area contributed by atoms with Crippen LogP contribution in [0.5, 0.6) is 0 Å². The normalized spacial score (nSPS) is 28.7. The summed E-state index contributed by atoms with van der Waals surface area (Å²) in [5.74, 6) is -0.528. The van der Waals surface area contributed by atoms with Crippen LogP contribution in [-0.2, 0) is 23.1 Å². The number of aliphatic hydroxyl groups excluding tert-OH is 6. The van der Waals surface area contributed by atoms with Crippen LogP contribution in [0.1, 0.15) is 77.6 Å². The predicted octanol–water partition coefficient (Wildman–Crippen LogP) is 0.266. The molecule has 0 bridgehead atoms. The number of rotatable bonds is 18. The van der Waals surface area contributed by atoms with E-state index in [-0.39, 0.29) is 12.6 Å². The number of quaternary nitrogens is 1. The first-order chi connectivity index (χ1) is 16.5. The number of carbonyl (C=O) groups excluding carboxylic acids is 1. The van der Waals surface area contributed by atoms with Crippen LogP contribution in [0.3, 0.4) is 0 Å². The van der Waals surface area contributed by atoms with Gasteiger partial charge in [-0.25, -0.2) is 0 Å². The number of phosphoric ester groups is 1. The van der Waals surface area contributed by atoms with Crippen molar-refractivity contribution in [3.63, 3.8) is 0 Å². The van der Waals surface area contributed by atoms with Gasteiger partial charge in [0.2, 0.25) is 0 Å². The van der Waals surface area contributed by atoms with Crippen molar-refractivity contribution in [3.05, 3.63) is 0 Å². The number of hydrogen-bond donors (Lipinski definition) is 7. The summed E-state index contributed by atoms with van der Waals surface area (Å²) in [6.07, 6.45) is -2.05. The van der Waals surface area contributed by atoms with Crippen LogP contribution >= 0.6 is 7.82 Å². The molecule has 0 heterocycles. The van der Waals surface area contributed by atoms with E-state index in [2.05, 4.69) is 16.0 Å². The van der Waals surface area contributed by atoms with E-state index in [1.165, 1.54) is 38.5 Å². The highest BCUT2D eigenvalue weighted by atomic mass is 31.2. The standard InChI is InChI=1S/C22H43O12P.H3N/c1-2-3-4-5-6-7-8-9-10-11-12-16(24)32-13-15(23)14-33-35(30,31)34-22-20(28)18(26)17(25)19(27)21(22)29;/h15,17-23,25-29H,2-14H2,1H3,(H,30,31);1H3/t15-,17?,18-,19?,20?,21?,22?;/m1./s1. The van der Waals surface area contributed by atoms with Gasteiger partial charge in [-0.2, -0.15) is 0 Å². The Morgan fingerprint density at radius 2 is 1.25 bits per heavy atom. The van der Waals surface area contributed by atoms with E-state index in [0.29, 0.717) is 6.42 Å². The van der Waals surface area contributed by atoms with Crippen LogP contribution < -0.4 is 11.0 Å². The lowest BCUT2D eigenvalue weighted by Crippen LogP contribution is -2.64. The molecule has 0 saturated heterocycles. The van der Waals surface area contributed by atoms with E-state index in [0.717, 1.165) is 19.3 Å². The summed E-state index contributed by atoms with van der Waals surface area (Å²) >= 11 is 0. The highest BCUT2D eigenvalue weighted by Crippen LogP contribution is 2.43. The molecule has 14 heteroatoms. The van der Waals surface area contributed by atoms with Crippen molar-refractivity contribution in [2.75, 3.05) is 13.2 Å². The lowest BCUT2D eigenvalue weighted by molar-refractivity contribution is -0.261. The summed E-state index contributed by atoms with van der Waals surface area (Å²) in [6, 6.07) is 0. The number of hydrogen-bond acceptors (Lipinski definition) is 12. The van der Waals surface area contributed by atoms with E-state index < -0.39 is 69.7 Å². The third-order valence-corrected chi connectivity index (χ3v) is 6.89. The molecule has 0 spiro atoms. The first-order valence-electron chi connectivity index (χ1n) is 12.4. The Morgan fingerprint density at radius 3 is 1.75 bits per heavy atom. The fourth-order valence-corrected chi connectivity index (χ4v) is 4.71. The average molecular weight is 548 g/mol. The highest BCUT2D eigenvalue weighted by Gasteiger charge is 2.50. The molecule has 0 aromatic heterocycles. The molecule has 216 valence electrons. The van der Waals surface area contributed by atoms with Crippen LogP contribution in [0.25, 0.3) is 0 Å². The Bertz CT molecular complexity index is 626. The smallest absolute Gasteiger partial charge is 0.305 e. The van der Waals surface area contributed by atoms with Crippen LogP contribution in [0.15, 0.2) is 0 Å². The van der Waals surface area contributed by atoms with Crippen LogP contribution in [0.4, 0.5) is 0 Å². The molecule has 1 saturated carbocycles. The van der Waals surface area contributed by atoms with E-state index in [9.17, 15) is 44.9 Å². The largest absolute Gasteiger partial charge is 0.756 e. The van der Waals surface area contributed by atoms with E-state index in [1.54, 1.807) is 0 Å². The van der Waals surface area contributed by atoms with Crippen LogP contribution in [-0.4, -0.2) is 92.5 Å².